The summed E-state index contributed by atoms with van der Waals surface area (Å²) in [6.45, 7) is 1.49. The highest BCUT2D eigenvalue weighted by Gasteiger charge is 2.20. The predicted octanol–water partition coefficient (Wildman–Crippen LogP) is 2.12. The van der Waals surface area contributed by atoms with Crippen LogP contribution < -0.4 is 5.32 Å². The van der Waals surface area contributed by atoms with E-state index in [2.05, 4.69) is 14.7 Å². The number of aromatic nitrogens is 2. The SMILES string of the molecule is COCCNc1nc(C2CSCCS2)ns1. The topological polar surface area (TPSA) is 47.0 Å². The van der Waals surface area contributed by atoms with Crippen molar-refractivity contribution >= 4 is 40.2 Å². The highest BCUT2D eigenvalue weighted by Crippen LogP contribution is 2.36. The van der Waals surface area contributed by atoms with E-state index < -0.39 is 0 Å². The van der Waals surface area contributed by atoms with Crippen LogP contribution in [-0.2, 0) is 4.74 Å². The van der Waals surface area contributed by atoms with Crippen LogP contribution in [0.25, 0.3) is 0 Å². The molecule has 1 aliphatic rings. The van der Waals surface area contributed by atoms with Crippen LogP contribution >= 0.6 is 35.1 Å². The monoisotopic (exact) mass is 277 g/mol. The minimum Gasteiger partial charge on any atom is -0.383 e. The molecule has 0 spiro atoms. The molecule has 1 N–H and O–H groups in total. The van der Waals surface area contributed by atoms with Gasteiger partial charge >= 0.3 is 0 Å². The van der Waals surface area contributed by atoms with Gasteiger partial charge in [-0.2, -0.15) is 16.1 Å². The Morgan fingerprint density at radius 2 is 2.44 bits per heavy atom. The van der Waals surface area contributed by atoms with Gasteiger partial charge in [0, 0.05) is 42.4 Å². The van der Waals surface area contributed by atoms with Crippen LogP contribution in [0.15, 0.2) is 0 Å². The summed E-state index contributed by atoms with van der Waals surface area (Å²) in [4.78, 5) is 4.51. The molecule has 0 saturated carbocycles. The number of hydrogen-bond acceptors (Lipinski definition) is 7. The van der Waals surface area contributed by atoms with Crippen LogP contribution in [0.2, 0.25) is 0 Å². The molecule has 0 amide bonds. The maximum absolute atomic E-state index is 4.97. The van der Waals surface area contributed by atoms with E-state index in [1.54, 1.807) is 7.11 Å². The fourth-order valence-electron chi connectivity index (χ4n) is 1.33. The van der Waals surface area contributed by atoms with Gasteiger partial charge in [-0.1, -0.05) is 0 Å². The molecule has 90 valence electrons. The summed E-state index contributed by atoms with van der Waals surface area (Å²) in [6, 6.07) is 0. The lowest BCUT2D eigenvalue weighted by Gasteiger charge is -2.17. The number of anilines is 1. The molecule has 16 heavy (non-hydrogen) atoms. The normalized spacial score (nSPS) is 20.9. The molecule has 1 aliphatic heterocycles. The molecule has 1 fully saturated rings. The van der Waals surface area contributed by atoms with Crippen molar-refractivity contribution < 1.29 is 4.74 Å². The maximum atomic E-state index is 4.97. The van der Waals surface area contributed by atoms with E-state index in [4.69, 9.17) is 4.74 Å². The van der Waals surface area contributed by atoms with E-state index in [0.29, 0.717) is 11.9 Å². The van der Waals surface area contributed by atoms with E-state index in [1.165, 1.54) is 23.0 Å². The average Bonchev–Trinajstić information content (AvgIpc) is 2.79. The lowest BCUT2D eigenvalue weighted by Crippen LogP contribution is -2.09. The molecule has 2 heterocycles. The smallest absolute Gasteiger partial charge is 0.202 e. The van der Waals surface area contributed by atoms with Crippen molar-refractivity contribution in [1.82, 2.24) is 9.36 Å². The summed E-state index contributed by atoms with van der Waals surface area (Å²) in [6.07, 6.45) is 0. The molecule has 0 bridgehead atoms. The second-order valence-corrected chi connectivity index (χ2v) is 6.52. The molecule has 1 atom stereocenters. The molecule has 4 nitrogen and oxygen atoms in total. The fourth-order valence-corrected chi connectivity index (χ4v) is 4.65. The number of thioether (sulfide) groups is 2. The molecule has 1 unspecified atom stereocenters. The number of methoxy groups -OCH3 is 1. The third-order valence-electron chi connectivity index (χ3n) is 2.13. The molecule has 7 heteroatoms. The van der Waals surface area contributed by atoms with Gasteiger partial charge in [-0.3, -0.25) is 0 Å². The zero-order chi connectivity index (χ0) is 11.2. The molecule has 0 radical (unpaired) electrons. The predicted molar refractivity (Wildman–Crippen MR) is 72.8 cm³/mol. The Morgan fingerprint density at radius 1 is 1.50 bits per heavy atom. The first-order valence-corrected chi connectivity index (χ1v) is 8.13. The zero-order valence-corrected chi connectivity index (χ0v) is 11.6. The Labute approximate surface area is 108 Å². The molecule has 0 aromatic carbocycles. The first-order chi connectivity index (χ1) is 7.90. The lowest BCUT2D eigenvalue weighted by atomic mass is 10.4. The van der Waals surface area contributed by atoms with Crippen molar-refractivity contribution in [2.45, 2.75) is 5.25 Å². The molecular weight excluding hydrogens is 262 g/mol. The van der Waals surface area contributed by atoms with Crippen molar-refractivity contribution in [2.24, 2.45) is 0 Å². The first kappa shape index (κ1) is 12.5. The van der Waals surface area contributed by atoms with Gasteiger partial charge in [-0.15, -0.1) is 11.8 Å². The average molecular weight is 277 g/mol. The summed E-state index contributed by atoms with van der Waals surface area (Å²) in [5.41, 5.74) is 0. The Kier molecular flexibility index (Phi) is 5.21. The first-order valence-electron chi connectivity index (χ1n) is 5.16. The van der Waals surface area contributed by atoms with Crippen LogP contribution in [0.1, 0.15) is 11.1 Å². The van der Waals surface area contributed by atoms with Crippen molar-refractivity contribution in [1.29, 1.82) is 0 Å². The summed E-state index contributed by atoms with van der Waals surface area (Å²) < 4.78 is 9.38. The number of nitrogens with one attached hydrogen (secondary N) is 1. The molecular formula is C9H15N3OS3. The van der Waals surface area contributed by atoms with Crippen LogP contribution in [-0.4, -0.2) is 46.9 Å². The Bertz CT molecular complexity index is 315. The maximum Gasteiger partial charge on any atom is 0.202 e. The quantitative estimate of drug-likeness (QED) is 0.832. The van der Waals surface area contributed by atoms with Crippen LogP contribution in [0, 0.1) is 0 Å². The van der Waals surface area contributed by atoms with E-state index in [1.807, 2.05) is 23.5 Å². The van der Waals surface area contributed by atoms with E-state index in [0.717, 1.165) is 23.3 Å². The molecule has 2 rings (SSSR count). The van der Waals surface area contributed by atoms with Gasteiger partial charge in [0.05, 0.1) is 11.9 Å². The number of nitrogens with zero attached hydrogens (tertiary/aromatic N) is 2. The largest absolute Gasteiger partial charge is 0.383 e. The van der Waals surface area contributed by atoms with Gasteiger partial charge in [-0.25, -0.2) is 4.98 Å². The van der Waals surface area contributed by atoms with E-state index in [-0.39, 0.29) is 0 Å². The lowest BCUT2D eigenvalue weighted by molar-refractivity contribution is 0.211. The molecule has 1 aromatic heterocycles. The Morgan fingerprint density at radius 3 is 3.19 bits per heavy atom. The van der Waals surface area contributed by atoms with Crippen LogP contribution in [0.3, 0.4) is 0 Å². The fraction of sp³-hybridized carbons (Fsp3) is 0.778. The number of rotatable bonds is 5. The Balaban J connectivity index is 1.85. The van der Waals surface area contributed by atoms with Crippen molar-refractivity contribution in [3.05, 3.63) is 5.82 Å². The van der Waals surface area contributed by atoms with Gasteiger partial charge in [-0.05, 0) is 0 Å². The standard InChI is InChI=1S/C9H15N3OS3/c1-13-3-2-10-9-11-8(12-16-9)7-6-14-4-5-15-7/h7H,2-6H2,1H3,(H,10,11,12). The Hall–Kier alpha value is 0.0200. The highest BCUT2D eigenvalue weighted by molar-refractivity contribution is 8.06. The summed E-state index contributed by atoms with van der Waals surface area (Å²) in [7, 11) is 1.70. The molecule has 1 aromatic rings. The summed E-state index contributed by atoms with van der Waals surface area (Å²) in [5, 5.41) is 4.59. The molecule has 0 aliphatic carbocycles. The van der Waals surface area contributed by atoms with E-state index in [9.17, 15) is 0 Å². The second kappa shape index (κ2) is 6.68. The molecule has 1 saturated heterocycles. The third-order valence-corrected chi connectivity index (χ3v) is 5.57. The summed E-state index contributed by atoms with van der Waals surface area (Å²) in [5.74, 6) is 4.59. The van der Waals surface area contributed by atoms with Crippen molar-refractivity contribution in [3.63, 3.8) is 0 Å². The third kappa shape index (κ3) is 3.51. The van der Waals surface area contributed by atoms with Crippen LogP contribution in [0.5, 0.6) is 0 Å². The van der Waals surface area contributed by atoms with E-state index >= 15 is 0 Å². The number of ether oxygens (including phenoxy) is 1. The van der Waals surface area contributed by atoms with Gasteiger partial charge in [0.1, 0.15) is 0 Å². The van der Waals surface area contributed by atoms with Gasteiger partial charge in [0.2, 0.25) is 5.13 Å². The zero-order valence-electron chi connectivity index (χ0n) is 9.14. The summed E-state index contributed by atoms with van der Waals surface area (Å²) >= 11 is 5.40. The minimum atomic E-state index is 0.480. The van der Waals surface area contributed by atoms with Crippen molar-refractivity contribution in [3.8, 4) is 0 Å². The van der Waals surface area contributed by atoms with Gasteiger partial charge in [0.25, 0.3) is 0 Å². The number of hydrogen-bond donors (Lipinski definition) is 1. The van der Waals surface area contributed by atoms with Gasteiger partial charge in [0.15, 0.2) is 5.82 Å². The van der Waals surface area contributed by atoms with Gasteiger partial charge < -0.3 is 10.1 Å². The minimum absolute atomic E-state index is 0.480. The van der Waals surface area contributed by atoms with Crippen molar-refractivity contribution in [2.75, 3.05) is 42.8 Å². The second-order valence-electron chi connectivity index (χ2n) is 3.31. The van der Waals surface area contributed by atoms with Crippen LogP contribution in [0.4, 0.5) is 5.13 Å². The highest BCUT2D eigenvalue weighted by atomic mass is 32.2.